The Labute approximate surface area is 268 Å². The number of aryl methyl sites for hydroxylation is 1. The molecule has 0 spiro atoms. The third-order valence-corrected chi connectivity index (χ3v) is 8.31. The average Bonchev–Trinajstić information content (AvgIpc) is 3.01. The van der Waals surface area contributed by atoms with Crippen LogP contribution in [-0.2, 0) is 14.2 Å². The maximum atomic E-state index is 11.7. The van der Waals surface area contributed by atoms with Gasteiger partial charge in [0.05, 0.1) is 30.4 Å². The van der Waals surface area contributed by atoms with Crippen LogP contribution in [-0.4, -0.2) is 79.3 Å². The van der Waals surface area contributed by atoms with Gasteiger partial charge in [-0.3, -0.25) is 0 Å². The zero-order chi connectivity index (χ0) is 32.3. The van der Waals surface area contributed by atoms with Crippen LogP contribution in [0.3, 0.4) is 0 Å². The minimum absolute atomic E-state index is 0.224. The van der Waals surface area contributed by atoms with Gasteiger partial charge in [-0.15, -0.1) is 0 Å². The van der Waals surface area contributed by atoms with Gasteiger partial charge in [0.15, 0.2) is 0 Å². The SMILES string of the molecule is Cc1cnc(NC2CCC(NC(C)COCCNC(=O)OC(C)(C)C)CC2)cc1-c1cccc(NCC2(C#N)CCOCC2)n1. The van der Waals surface area contributed by atoms with Crippen LogP contribution < -0.4 is 21.3 Å². The Kier molecular flexibility index (Phi) is 12.4. The molecular formula is C34H51N7O4. The number of aromatic nitrogens is 2. The van der Waals surface area contributed by atoms with Crippen molar-refractivity contribution in [2.24, 2.45) is 5.41 Å². The molecule has 4 rings (SSSR count). The van der Waals surface area contributed by atoms with Gasteiger partial charge in [0.25, 0.3) is 0 Å². The maximum Gasteiger partial charge on any atom is 0.407 e. The lowest BCUT2D eigenvalue weighted by Gasteiger charge is -2.32. The summed E-state index contributed by atoms with van der Waals surface area (Å²) in [6.45, 7) is 13.0. The Morgan fingerprint density at radius 1 is 1.16 bits per heavy atom. The highest BCUT2D eigenvalue weighted by molar-refractivity contribution is 5.68. The smallest absolute Gasteiger partial charge is 0.407 e. The van der Waals surface area contributed by atoms with Crippen molar-refractivity contribution in [1.82, 2.24) is 20.6 Å². The molecule has 1 unspecified atom stereocenters. The summed E-state index contributed by atoms with van der Waals surface area (Å²) in [5, 5.41) is 23.3. The largest absolute Gasteiger partial charge is 0.444 e. The first-order valence-electron chi connectivity index (χ1n) is 16.3. The molecule has 2 fully saturated rings. The molecule has 1 saturated carbocycles. The van der Waals surface area contributed by atoms with E-state index in [1.807, 2.05) is 45.2 Å². The molecule has 3 heterocycles. The number of carbonyl (C=O) groups is 1. The molecule has 0 aromatic carbocycles. The Balaban J connectivity index is 1.20. The third-order valence-electron chi connectivity index (χ3n) is 8.31. The van der Waals surface area contributed by atoms with E-state index in [-0.39, 0.29) is 6.04 Å². The van der Waals surface area contributed by atoms with Crippen LogP contribution in [0.1, 0.15) is 71.8 Å². The van der Waals surface area contributed by atoms with Gasteiger partial charge in [-0.05, 0) is 96.9 Å². The van der Waals surface area contributed by atoms with E-state index in [0.29, 0.717) is 51.6 Å². The molecule has 11 nitrogen and oxygen atoms in total. The van der Waals surface area contributed by atoms with Gasteiger partial charge in [0, 0.05) is 56.2 Å². The summed E-state index contributed by atoms with van der Waals surface area (Å²) in [6, 6.07) is 11.6. The molecule has 45 heavy (non-hydrogen) atoms. The molecular weight excluding hydrogens is 570 g/mol. The van der Waals surface area contributed by atoms with Crippen molar-refractivity contribution in [3.05, 3.63) is 36.0 Å². The fourth-order valence-electron chi connectivity index (χ4n) is 5.78. The second kappa shape index (κ2) is 16.2. The fourth-order valence-corrected chi connectivity index (χ4v) is 5.78. The molecule has 2 aromatic rings. The highest BCUT2D eigenvalue weighted by atomic mass is 16.6. The van der Waals surface area contributed by atoms with E-state index in [1.54, 1.807) is 0 Å². The van der Waals surface area contributed by atoms with Crippen molar-refractivity contribution in [3.8, 4) is 17.3 Å². The molecule has 11 heteroatoms. The van der Waals surface area contributed by atoms with E-state index in [9.17, 15) is 10.1 Å². The van der Waals surface area contributed by atoms with Gasteiger partial charge >= 0.3 is 6.09 Å². The number of rotatable bonds is 13. The summed E-state index contributed by atoms with van der Waals surface area (Å²) >= 11 is 0. The Morgan fingerprint density at radius 2 is 1.89 bits per heavy atom. The first kappa shape index (κ1) is 34.4. The summed E-state index contributed by atoms with van der Waals surface area (Å²) in [5.74, 6) is 1.63. The first-order chi connectivity index (χ1) is 21.5. The summed E-state index contributed by atoms with van der Waals surface area (Å²) in [6.07, 6.45) is 7.21. The number of nitriles is 1. The number of anilines is 2. The predicted molar refractivity (Wildman–Crippen MR) is 176 cm³/mol. The van der Waals surface area contributed by atoms with Crippen LogP contribution in [0, 0.1) is 23.7 Å². The van der Waals surface area contributed by atoms with Crippen molar-refractivity contribution in [2.75, 3.05) is 50.2 Å². The van der Waals surface area contributed by atoms with Crippen molar-refractivity contribution in [2.45, 2.75) is 96.9 Å². The monoisotopic (exact) mass is 621 g/mol. The molecule has 2 aliphatic rings. The molecule has 1 saturated heterocycles. The molecule has 1 aliphatic heterocycles. The molecule has 1 amide bonds. The van der Waals surface area contributed by atoms with Crippen LogP contribution in [0.15, 0.2) is 30.5 Å². The summed E-state index contributed by atoms with van der Waals surface area (Å²) in [4.78, 5) is 21.3. The number of amides is 1. The lowest BCUT2D eigenvalue weighted by atomic mass is 9.82. The van der Waals surface area contributed by atoms with Crippen molar-refractivity contribution in [1.29, 1.82) is 5.26 Å². The number of ether oxygens (including phenoxy) is 3. The highest BCUT2D eigenvalue weighted by Crippen LogP contribution is 2.31. The molecule has 1 atom stereocenters. The lowest BCUT2D eigenvalue weighted by molar-refractivity contribution is 0.0455. The highest BCUT2D eigenvalue weighted by Gasteiger charge is 2.32. The number of nitrogens with zero attached hydrogens (tertiary/aromatic N) is 3. The topological polar surface area (TPSA) is 142 Å². The van der Waals surface area contributed by atoms with E-state index in [0.717, 1.165) is 67.0 Å². The fraction of sp³-hybridized carbons (Fsp3) is 0.647. The molecule has 0 radical (unpaired) electrons. The van der Waals surface area contributed by atoms with Crippen molar-refractivity contribution < 1.29 is 19.0 Å². The minimum atomic E-state index is -0.505. The van der Waals surface area contributed by atoms with E-state index in [2.05, 4.69) is 52.2 Å². The van der Waals surface area contributed by atoms with Gasteiger partial charge < -0.3 is 35.5 Å². The number of alkyl carbamates (subject to hydrolysis) is 1. The molecule has 2 aromatic heterocycles. The molecule has 4 N–H and O–H groups in total. The van der Waals surface area contributed by atoms with Crippen LogP contribution in [0.5, 0.6) is 0 Å². The number of hydrogen-bond donors (Lipinski definition) is 4. The van der Waals surface area contributed by atoms with Crippen molar-refractivity contribution in [3.63, 3.8) is 0 Å². The second-order valence-corrected chi connectivity index (χ2v) is 13.4. The van der Waals surface area contributed by atoms with Crippen LogP contribution in [0.4, 0.5) is 16.4 Å². The number of carbonyl (C=O) groups excluding carboxylic acids is 1. The normalized spacial score (nSPS) is 20.4. The summed E-state index contributed by atoms with van der Waals surface area (Å²) in [7, 11) is 0. The Morgan fingerprint density at radius 3 is 2.60 bits per heavy atom. The molecule has 1 aliphatic carbocycles. The summed E-state index contributed by atoms with van der Waals surface area (Å²) in [5.41, 5.74) is 2.07. The van der Waals surface area contributed by atoms with Crippen molar-refractivity contribution >= 4 is 17.7 Å². The zero-order valence-corrected chi connectivity index (χ0v) is 27.6. The maximum absolute atomic E-state index is 11.7. The van der Waals surface area contributed by atoms with Crippen LogP contribution in [0.25, 0.3) is 11.3 Å². The Hall–Kier alpha value is -3.46. The van der Waals surface area contributed by atoms with Gasteiger partial charge in [0.1, 0.15) is 17.2 Å². The second-order valence-electron chi connectivity index (χ2n) is 13.4. The van der Waals surface area contributed by atoms with Crippen LogP contribution in [0.2, 0.25) is 0 Å². The molecule has 246 valence electrons. The minimum Gasteiger partial charge on any atom is -0.444 e. The lowest BCUT2D eigenvalue weighted by Crippen LogP contribution is -2.43. The number of pyridine rings is 2. The average molecular weight is 622 g/mol. The quantitative estimate of drug-likeness (QED) is 0.214. The van der Waals surface area contributed by atoms with E-state index in [1.165, 1.54) is 0 Å². The number of hydrogen-bond acceptors (Lipinski definition) is 10. The predicted octanol–water partition coefficient (Wildman–Crippen LogP) is 5.43. The molecule has 0 bridgehead atoms. The van der Waals surface area contributed by atoms with Gasteiger partial charge in [-0.2, -0.15) is 5.26 Å². The van der Waals surface area contributed by atoms with Crippen LogP contribution >= 0.6 is 0 Å². The van der Waals surface area contributed by atoms with E-state index in [4.69, 9.17) is 19.2 Å². The van der Waals surface area contributed by atoms with E-state index < -0.39 is 17.1 Å². The van der Waals surface area contributed by atoms with Gasteiger partial charge in [-0.1, -0.05) is 6.07 Å². The van der Waals surface area contributed by atoms with E-state index >= 15 is 0 Å². The zero-order valence-electron chi connectivity index (χ0n) is 27.6. The van der Waals surface area contributed by atoms with Gasteiger partial charge in [0.2, 0.25) is 0 Å². The summed E-state index contributed by atoms with van der Waals surface area (Å²) < 4.78 is 16.5. The Bertz CT molecular complexity index is 1280. The number of nitrogens with one attached hydrogen (secondary N) is 4. The van der Waals surface area contributed by atoms with Gasteiger partial charge in [-0.25, -0.2) is 14.8 Å². The third kappa shape index (κ3) is 11.1. The first-order valence-corrected chi connectivity index (χ1v) is 16.3. The standard InChI is InChI=1S/C34H51N7O4/c1-24-20-37-31(19-28(24)29-7-6-8-30(41-29)38-23-34(22-35)13-16-43-17-14-34)40-27-11-9-26(10-12-27)39-25(2)21-44-18-15-36-32(42)45-33(3,4)5/h6-8,19-20,25-27,39H,9-18,21,23H2,1-5H3,(H,36,42)(H,37,40)(H,38,41).